The first kappa shape index (κ1) is 18.5. The van der Waals surface area contributed by atoms with Crippen LogP contribution in [-0.2, 0) is 13.1 Å². The molecular formula is C20H24N6O2. The van der Waals surface area contributed by atoms with Crippen LogP contribution in [0, 0.1) is 0 Å². The number of likely N-dealkylation sites (tertiary alicyclic amines) is 1. The molecule has 0 radical (unpaired) electrons. The molecule has 4 heterocycles. The number of aromatic nitrogens is 5. The van der Waals surface area contributed by atoms with E-state index in [4.69, 9.17) is 4.52 Å². The highest BCUT2D eigenvalue weighted by molar-refractivity contribution is 5.56. The molecule has 0 saturated carbocycles. The predicted molar refractivity (Wildman–Crippen MR) is 104 cm³/mol. The summed E-state index contributed by atoms with van der Waals surface area (Å²) >= 11 is 0. The molecule has 0 aliphatic carbocycles. The number of hydrogen-bond acceptors (Lipinski definition) is 7. The Morgan fingerprint density at radius 3 is 2.93 bits per heavy atom. The zero-order valence-electron chi connectivity index (χ0n) is 16.2. The SMILES string of the molecule is CC(C)c1noc(CN2CCCC2Cn2nc(-c3cccnc3)ccc2=O)n1. The van der Waals surface area contributed by atoms with Gasteiger partial charge in [0.1, 0.15) is 0 Å². The fourth-order valence-electron chi connectivity index (χ4n) is 3.50. The Hall–Kier alpha value is -2.87. The molecule has 1 saturated heterocycles. The highest BCUT2D eigenvalue weighted by Crippen LogP contribution is 2.22. The smallest absolute Gasteiger partial charge is 0.266 e. The van der Waals surface area contributed by atoms with Crippen molar-refractivity contribution in [1.29, 1.82) is 0 Å². The number of hydrogen-bond donors (Lipinski definition) is 0. The second-order valence-electron chi connectivity index (χ2n) is 7.45. The zero-order chi connectivity index (χ0) is 19.5. The van der Waals surface area contributed by atoms with E-state index < -0.39 is 0 Å². The van der Waals surface area contributed by atoms with Gasteiger partial charge in [0.25, 0.3) is 5.56 Å². The van der Waals surface area contributed by atoms with E-state index in [1.807, 2.05) is 26.0 Å². The van der Waals surface area contributed by atoms with Crippen LogP contribution in [0.2, 0.25) is 0 Å². The molecule has 4 rings (SSSR count). The van der Waals surface area contributed by atoms with Gasteiger partial charge in [0.15, 0.2) is 5.82 Å². The molecule has 1 unspecified atom stereocenters. The molecule has 3 aromatic rings. The molecule has 1 aliphatic rings. The van der Waals surface area contributed by atoms with E-state index in [2.05, 4.69) is 25.1 Å². The lowest BCUT2D eigenvalue weighted by Crippen LogP contribution is -2.36. The monoisotopic (exact) mass is 380 g/mol. The number of rotatable bonds is 6. The zero-order valence-corrected chi connectivity index (χ0v) is 16.2. The van der Waals surface area contributed by atoms with Crippen molar-refractivity contribution in [3.8, 4) is 11.3 Å². The number of nitrogens with zero attached hydrogens (tertiary/aromatic N) is 6. The molecule has 0 amide bonds. The Kier molecular flexibility index (Phi) is 5.29. The molecule has 1 fully saturated rings. The normalized spacial score (nSPS) is 17.5. The molecule has 8 heteroatoms. The first-order valence-electron chi connectivity index (χ1n) is 9.65. The molecule has 0 aromatic carbocycles. The van der Waals surface area contributed by atoms with E-state index in [9.17, 15) is 4.79 Å². The number of pyridine rings is 1. The Balaban J connectivity index is 1.50. The van der Waals surface area contributed by atoms with E-state index >= 15 is 0 Å². The van der Waals surface area contributed by atoms with Crippen molar-refractivity contribution in [3.05, 3.63) is 58.7 Å². The maximum atomic E-state index is 12.4. The standard InChI is InChI=1S/C20H24N6O2/c1-14(2)20-22-18(28-24-20)13-25-10-4-6-16(25)12-26-19(27)8-7-17(23-26)15-5-3-9-21-11-15/h3,5,7-9,11,14,16H,4,6,10,12-13H2,1-2H3. The van der Waals surface area contributed by atoms with Crippen LogP contribution in [0.15, 0.2) is 46.0 Å². The van der Waals surface area contributed by atoms with E-state index in [0.29, 0.717) is 19.0 Å². The third kappa shape index (κ3) is 4.01. The molecule has 3 aromatic heterocycles. The van der Waals surface area contributed by atoms with Crippen molar-refractivity contribution in [3.63, 3.8) is 0 Å². The van der Waals surface area contributed by atoms with Crippen LogP contribution in [-0.4, -0.2) is 42.4 Å². The van der Waals surface area contributed by atoms with E-state index in [0.717, 1.165) is 36.5 Å². The lowest BCUT2D eigenvalue weighted by Gasteiger charge is -2.23. The lowest BCUT2D eigenvalue weighted by atomic mass is 10.2. The van der Waals surface area contributed by atoms with Crippen molar-refractivity contribution < 1.29 is 4.52 Å². The second kappa shape index (κ2) is 8.02. The minimum atomic E-state index is -0.0978. The maximum absolute atomic E-state index is 12.4. The highest BCUT2D eigenvalue weighted by Gasteiger charge is 2.27. The third-order valence-electron chi connectivity index (χ3n) is 5.05. The average Bonchev–Trinajstić information content (AvgIpc) is 3.34. The van der Waals surface area contributed by atoms with Crippen LogP contribution in [0.4, 0.5) is 0 Å². The van der Waals surface area contributed by atoms with E-state index in [1.165, 1.54) is 0 Å². The molecule has 1 atom stereocenters. The van der Waals surface area contributed by atoms with Gasteiger partial charge in [0.2, 0.25) is 5.89 Å². The second-order valence-corrected chi connectivity index (χ2v) is 7.45. The lowest BCUT2D eigenvalue weighted by molar-refractivity contribution is 0.190. The molecular weight excluding hydrogens is 356 g/mol. The van der Waals surface area contributed by atoms with E-state index in [1.54, 1.807) is 29.2 Å². The first-order valence-corrected chi connectivity index (χ1v) is 9.65. The van der Waals surface area contributed by atoms with Crippen LogP contribution in [0.25, 0.3) is 11.3 Å². The molecule has 28 heavy (non-hydrogen) atoms. The van der Waals surface area contributed by atoms with Gasteiger partial charge in [-0.15, -0.1) is 0 Å². The Morgan fingerprint density at radius 1 is 1.29 bits per heavy atom. The molecule has 146 valence electrons. The summed E-state index contributed by atoms with van der Waals surface area (Å²) in [4.78, 5) is 23.3. The molecule has 0 spiro atoms. The summed E-state index contributed by atoms with van der Waals surface area (Å²) in [6, 6.07) is 7.33. The van der Waals surface area contributed by atoms with E-state index in [-0.39, 0.29) is 17.5 Å². The largest absolute Gasteiger partial charge is 0.338 e. The summed E-state index contributed by atoms with van der Waals surface area (Å²) in [5.74, 6) is 1.60. The fraction of sp³-hybridized carbons (Fsp3) is 0.450. The summed E-state index contributed by atoms with van der Waals surface area (Å²) in [5, 5.41) is 8.60. The van der Waals surface area contributed by atoms with Gasteiger partial charge in [-0.1, -0.05) is 19.0 Å². The van der Waals surface area contributed by atoms with Crippen LogP contribution in [0.3, 0.4) is 0 Å². The van der Waals surface area contributed by atoms with Gasteiger partial charge in [-0.25, -0.2) is 4.68 Å². The topological polar surface area (TPSA) is 89.9 Å². The molecule has 0 N–H and O–H groups in total. The maximum Gasteiger partial charge on any atom is 0.266 e. The molecule has 0 bridgehead atoms. The van der Waals surface area contributed by atoms with Crippen molar-refractivity contribution in [2.45, 2.75) is 51.7 Å². The van der Waals surface area contributed by atoms with Gasteiger partial charge in [-0.2, -0.15) is 10.1 Å². The molecule has 8 nitrogen and oxygen atoms in total. The minimum Gasteiger partial charge on any atom is -0.338 e. The van der Waals surface area contributed by atoms with Gasteiger partial charge < -0.3 is 4.52 Å². The summed E-state index contributed by atoms with van der Waals surface area (Å²) in [6.07, 6.45) is 5.56. The van der Waals surface area contributed by atoms with Crippen molar-refractivity contribution in [2.75, 3.05) is 6.54 Å². The van der Waals surface area contributed by atoms with Gasteiger partial charge in [-0.3, -0.25) is 14.7 Å². The Morgan fingerprint density at radius 2 is 2.18 bits per heavy atom. The van der Waals surface area contributed by atoms with Gasteiger partial charge >= 0.3 is 0 Å². The van der Waals surface area contributed by atoms with Crippen molar-refractivity contribution in [1.82, 2.24) is 29.8 Å². The summed E-state index contributed by atoms with van der Waals surface area (Å²) in [6.45, 7) is 6.17. The predicted octanol–water partition coefficient (Wildman–Crippen LogP) is 2.48. The van der Waals surface area contributed by atoms with Gasteiger partial charge in [0, 0.05) is 36.0 Å². The molecule has 1 aliphatic heterocycles. The highest BCUT2D eigenvalue weighted by atomic mass is 16.5. The Labute approximate surface area is 163 Å². The van der Waals surface area contributed by atoms with Crippen molar-refractivity contribution >= 4 is 0 Å². The van der Waals surface area contributed by atoms with Gasteiger partial charge in [-0.05, 0) is 37.6 Å². The summed E-state index contributed by atoms with van der Waals surface area (Å²) in [5.41, 5.74) is 1.54. The quantitative estimate of drug-likeness (QED) is 0.649. The Bertz CT molecular complexity index is 982. The summed E-state index contributed by atoms with van der Waals surface area (Å²) < 4.78 is 6.95. The minimum absolute atomic E-state index is 0.0978. The van der Waals surface area contributed by atoms with Crippen LogP contribution >= 0.6 is 0 Å². The van der Waals surface area contributed by atoms with Crippen LogP contribution < -0.4 is 5.56 Å². The van der Waals surface area contributed by atoms with Crippen molar-refractivity contribution in [2.24, 2.45) is 0 Å². The first-order chi connectivity index (χ1) is 13.6. The third-order valence-corrected chi connectivity index (χ3v) is 5.05. The van der Waals surface area contributed by atoms with Crippen LogP contribution in [0.1, 0.15) is 44.3 Å². The van der Waals surface area contributed by atoms with Crippen LogP contribution in [0.5, 0.6) is 0 Å². The summed E-state index contributed by atoms with van der Waals surface area (Å²) in [7, 11) is 0. The average molecular weight is 380 g/mol. The fourth-order valence-corrected chi connectivity index (χ4v) is 3.50. The van der Waals surface area contributed by atoms with Gasteiger partial charge in [0.05, 0.1) is 18.8 Å².